The van der Waals surface area contributed by atoms with E-state index in [-0.39, 0.29) is 35.9 Å². The van der Waals surface area contributed by atoms with Gasteiger partial charge in [0.1, 0.15) is 17.1 Å². The number of hydrogen-bond donors (Lipinski definition) is 5. The number of amides is 1. The molecule has 1 aromatic carbocycles. The van der Waals surface area contributed by atoms with Crippen LogP contribution < -0.4 is 4.74 Å². The number of methoxy groups -OCH3 is 1. The van der Waals surface area contributed by atoms with Gasteiger partial charge in [0, 0.05) is 18.2 Å². The Kier molecular flexibility index (Phi) is 7.37. The fourth-order valence-electron chi connectivity index (χ4n) is 2.86. The van der Waals surface area contributed by atoms with Crippen LogP contribution in [-0.2, 0) is 11.2 Å². The second kappa shape index (κ2) is 9.31. The maximum absolute atomic E-state index is 12.2. The number of carbonyl (C=O) groups excluding carboxylic acids is 1. The number of rotatable bonds is 8. The van der Waals surface area contributed by atoms with E-state index in [1.165, 1.54) is 24.1 Å². The number of carboxylic acid groups (broad SMARTS) is 1. The molecule has 5 N–H and O–H groups in total. The predicted octanol–water partition coefficient (Wildman–Crippen LogP) is -0.651. The standard InChI is InChI=1S/C16H22BNO8S/c1-26-11-3-2-9(15(21)14(11)16(22)23)6-12(17(24)25)27-8-13(20)18-5-4-10(19)7-18/h2-3,10,12,19,21,24-25H,4-8H2,1H3,(H,22,23). The molecule has 27 heavy (non-hydrogen) atoms. The third-order valence-corrected chi connectivity index (χ3v) is 5.60. The van der Waals surface area contributed by atoms with E-state index in [2.05, 4.69) is 0 Å². The van der Waals surface area contributed by atoms with Gasteiger partial charge in [-0.1, -0.05) is 6.07 Å². The van der Waals surface area contributed by atoms with Crippen molar-refractivity contribution in [1.29, 1.82) is 0 Å². The zero-order valence-corrected chi connectivity index (χ0v) is 15.6. The van der Waals surface area contributed by atoms with Crippen LogP contribution in [0.1, 0.15) is 22.3 Å². The summed E-state index contributed by atoms with van der Waals surface area (Å²) in [5.74, 6) is -2.16. The highest BCUT2D eigenvalue weighted by molar-refractivity contribution is 8.01. The first-order valence-corrected chi connectivity index (χ1v) is 9.35. The minimum absolute atomic E-state index is 0.0136. The fraction of sp³-hybridized carbons (Fsp3) is 0.500. The van der Waals surface area contributed by atoms with Gasteiger partial charge >= 0.3 is 13.1 Å². The first kappa shape index (κ1) is 21.4. The molecule has 1 amide bonds. The maximum atomic E-state index is 12.2. The Morgan fingerprint density at radius 3 is 2.63 bits per heavy atom. The second-order valence-corrected chi connectivity index (χ2v) is 7.43. The van der Waals surface area contributed by atoms with E-state index in [0.29, 0.717) is 13.0 Å². The molecule has 2 rings (SSSR count). The topological polar surface area (TPSA) is 148 Å². The average molecular weight is 399 g/mol. The molecule has 0 radical (unpaired) electrons. The number of thioether (sulfide) groups is 1. The summed E-state index contributed by atoms with van der Waals surface area (Å²) in [4.78, 5) is 25.0. The second-order valence-electron chi connectivity index (χ2n) is 6.21. The highest BCUT2D eigenvalue weighted by Gasteiger charge is 2.30. The van der Waals surface area contributed by atoms with Gasteiger partial charge in [0.25, 0.3) is 0 Å². The minimum Gasteiger partial charge on any atom is -0.507 e. The molecule has 2 atom stereocenters. The molecule has 1 aromatic rings. The zero-order chi connectivity index (χ0) is 20.1. The summed E-state index contributed by atoms with van der Waals surface area (Å²) in [5, 5.41) is 47.3. The van der Waals surface area contributed by atoms with Gasteiger partial charge in [-0.05, 0) is 24.5 Å². The average Bonchev–Trinajstić information content (AvgIpc) is 3.05. The minimum atomic E-state index is -1.78. The molecule has 1 fully saturated rings. The molecule has 11 heteroatoms. The van der Waals surface area contributed by atoms with E-state index in [1.54, 1.807) is 0 Å². The number of likely N-dealkylation sites (tertiary alicyclic amines) is 1. The lowest BCUT2D eigenvalue weighted by atomic mass is 9.81. The van der Waals surface area contributed by atoms with E-state index >= 15 is 0 Å². The number of carbonyl (C=O) groups is 2. The Morgan fingerprint density at radius 1 is 1.41 bits per heavy atom. The number of β-amino-alcohol motifs (C(OH)–C–C–N with tert-alkyl or cyclic N) is 1. The smallest absolute Gasteiger partial charge is 0.465 e. The van der Waals surface area contributed by atoms with Crippen LogP contribution in [0.5, 0.6) is 11.5 Å². The number of carboxylic acids is 1. The van der Waals surface area contributed by atoms with E-state index < -0.39 is 35.7 Å². The number of aliphatic hydroxyl groups excluding tert-OH is 1. The van der Waals surface area contributed by atoms with Gasteiger partial charge in [-0.15, -0.1) is 0 Å². The van der Waals surface area contributed by atoms with Crippen LogP contribution in [0.15, 0.2) is 12.1 Å². The molecular formula is C16H22BNO8S. The molecule has 0 spiro atoms. The predicted molar refractivity (Wildman–Crippen MR) is 99.0 cm³/mol. The van der Waals surface area contributed by atoms with Crippen LogP contribution in [0.3, 0.4) is 0 Å². The maximum Gasteiger partial charge on any atom is 0.465 e. The van der Waals surface area contributed by atoms with Gasteiger partial charge in [-0.3, -0.25) is 4.79 Å². The summed E-state index contributed by atoms with van der Waals surface area (Å²) in [7, 11) is -0.500. The molecule has 9 nitrogen and oxygen atoms in total. The third-order valence-electron chi connectivity index (χ3n) is 4.35. The van der Waals surface area contributed by atoms with Crippen LogP contribution in [0.25, 0.3) is 0 Å². The van der Waals surface area contributed by atoms with Crippen molar-refractivity contribution in [3.8, 4) is 11.5 Å². The Hall–Kier alpha value is -1.95. The van der Waals surface area contributed by atoms with Crippen molar-refractivity contribution in [2.75, 3.05) is 26.0 Å². The molecule has 0 aliphatic carbocycles. The number of aromatic hydroxyl groups is 1. The van der Waals surface area contributed by atoms with Crippen LogP contribution >= 0.6 is 11.8 Å². The van der Waals surface area contributed by atoms with Crippen LogP contribution in [0, 0.1) is 0 Å². The van der Waals surface area contributed by atoms with Crippen LogP contribution in [-0.4, -0.2) is 86.5 Å². The highest BCUT2D eigenvalue weighted by Crippen LogP contribution is 2.33. The van der Waals surface area contributed by atoms with Gasteiger partial charge in [-0.2, -0.15) is 11.8 Å². The van der Waals surface area contributed by atoms with Gasteiger partial charge in [0.05, 0.1) is 19.0 Å². The molecular weight excluding hydrogens is 377 g/mol. The molecule has 0 saturated carbocycles. The van der Waals surface area contributed by atoms with Crippen molar-refractivity contribution >= 4 is 30.8 Å². The molecule has 1 aliphatic rings. The van der Waals surface area contributed by atoms with Crippen molar-refractivity contribution in [2.45, 2.75) is 24.1 Å². The normalized spacial score (nSPS) is 17.6. The Labute approximate surface area is 160 Å². The van der Waals surface area contributed by atoms with E-state index in [4.69, 9.17) is 4.74 Å². The number of ether oxygens (including phenoxy) is 1. The van der Waals surface area contributed by atoms with Gasteiger partial charge in [0.15, 0.2) is 0 Å². The third kappa shape index (κ3) is 5.28. The van der Waals surface area contributed by atoms with Crippen LogP contribution in [0.4, 0.5) is 0 Å². The molecule has 0 bridgehead atoms. The quantitative estimate of drug-likeness (QED) is 0.360. The summed E-state index contributed by atoms with van der Waals surface area (Å²) < 4.78 is 4.92. The highest BCUT2D eigenvalue weighted by atomic mass is 32.2. The van der Waals surface area contributed by atoms with Gasteiger partial charge in [-0.25, -0.2) is 4.79 Å². The van der Waals surface area contributed by atoms with Crippen molar-refractivity contribution in [3.63, 3.8) is 0 Å². The Bertz CT molecular complexity index is 701. The molecule has 148 valence electrons. The Morgan fingerprint density at radius 2 is 2.11 bits per heavy atom. The molecule has 2 unspecified atom stereocenters. The van der Waals surface area contributed by atoms with E-state index in [9.17, 15) is 35.0 Å². The van der Waals surface area contributed by atoms with E-state index in [0.717, 1.165) is 11.8 Å². The molecule has 0 aromatic heterocycles. The lowest BCUT2D eigenvalue weighted by Crippen LogP contribution is -2.35. The number of nitrogens with zero attached hydrogens (tertiary/aromatic N) is 1. The zero-order valence-electron chi connectivity index (χ0n) is 14.7. The molecule has 1 saturated heterocycles. The van der Waals surface area contributed by atoms with Gasteiger partial charge in [0.2, 0.25) is 5.91 Å². The summed E-state index contributed by atoms with van der Waals surface area (Å²) >= 11 is 0.991. The largest absolute Gasteiger partial charge is 0.507 e. The monoisotopic (exact) mass is 399 g/mol. The summed E-state index contributed by atoms with van der Waals surface area (Å²) in [6.07, 6.45) is -0.0852. The Balaban J connectivity index is 2.09. The number of hydrogen-bond acceptors (Lipinski definition) is 8. The van der Waals surface area contributed by atoms with Crippen molar-refractivity contribution in [2.24, 2.45) is 0 Å². The number of benzene rings is 1. The van der Waals surface area contributed by atoms with Crippen molar-refractivity contribution in [3.05, 3.63) is 23.3 Å². The first-order valence-electron chi connectivity index (χ1n) is 8.30. The lowest BCUT2D eigenvalue weighted by molar-refractivity contribution is -0.127. The number of aromatic carboxylic acids is 1. The summed E-state index contributed by atoms with van der Waals surface area (Å²) in [6.45, 7) is 0.709. The van der Waals surface area contributed by atoms with Crippen LogP contribution in [0.2, 0.25) is 0 Å². The van der Waals surface area contributed by atoms with Gasteiger partial charge < -0.3 is 35.0 Å². The lowest BCUT2D eigenvalue weighted by Gasteiger charge is -2.20. The molecule has 1 heterocycles. The summed E-state index contributed by atoms with van der Waals surface area (Å²) in [5.41, 5.74) is -0.212. The summed E-state index contributed by atoms with van der Waals surface area (Å²) in [6, 6.07) is 2.82. The number of aliphatic hydroxyl groups is 1. The molecule has 1 aliphatic heterocycles. The number of phenols is 1. The van der Waals surface area contributed by atoms with Crippen molar-refractivity contribution < 1.29 is 39.7 Å². The first-order chi connectivity index (χ1) is 12.7. The fourth-order valence-corrected chi connectivity index (χ4v) is 3.87. The van der Waals surface area contributed by atoms with E-state index in [1.807, 2.05) is 0 Å². The SMILES string of the molecule is COc1ccc(CC(SCC(=O)N2CCC(O)C2)B(O)O)c(O)c1C(=O)O. The van der Waals surface area contributed by atoms with Crippen molar-refractivity contribution in [1.82, 2.24) is 4.90 Å².